The van der Waals surface area contributed by atoms with Crippen molar-refractivity contribution in [2.45, 2.75) is 86.8 Å². The van der Waals surface area contributed by atoms with E-state index in [1.165, 1.54) is 25.8 Å². The lowest BCUT2D eigenvalue weighted by atomic mass is 9.97. The number of aliphatic hydroxyl groups is 2. The maximum atomic E-state index is 12.9. The van der Waals surface area contributed by atoms with Gasteiger partial charge in [0, 0.05) is 46.3 Å². The second-order valence-corrected chi connectivity index (χ2v) is 12.1. The van der Waals surface area contributed by atoms with Crippen molar-refractivity contribution in [2.75, 3.05) is 53.0 Å². The summed E-state index contributed by atoms with van der Waals surface area (Å²) < 4.78 is 39.9. The zero-order chi connectivity index (χ0) is 23.4. The number of hydrogen-bond donors (Lipinski definition) is 4. The molecular weight excluding hydrogens is 448 g/mol. The summed E-state index contributed by atoms with van der Waals surface area (Å²) in [4.78, 5) is 4.75. The van der Waals surface area contributed by atoms with Gasteiger partial charge >= 0.3 is 0 Å². The number of nitrogens with zero attached hydrogens (tertiary/aromatic N) is 2. The maximum Gasteiger partial charge on any atom is 0.214 e. The summed E-state index contributed by atoms with van der Waals surface area (Å²) >= 11 is 0. The predicted molar refractivity (Wildman–Crippen MR) is 123 cm³/mol. The lowest BCUT2D eigenvalue weighted by Crippen LogP contribution is -2.95. The highest BCUT2D eigenvalue weighted by Gasteiger charge is 2.47. The summed E-state index contributed by atoms with van der Waals surface area (Å²) in [5.41, 5.74) is 0. The van der Waals surface area contributed by atoms with E-state index in [1.54, 1.807) is 7.11 Å². The Balaban J connectivity index is 1.33. The molecule has 4 aliphatic rings. The SMILES string of the molecule is COC1CCC(S(=O)(=O)NCC2OC(CO)C(O)C2N2CCN(C3CCCC[NH2+]3)CC2)CC1. The molecule has 0 aromatic rings. The molecule has 1 saturated carbocycles. The Morgan fingerprint density at radius 1 is 1.03 bits per heavy atom. The first kappa shape index (κ1) is 25.7. The number of rotatable bonds is 8. The molecule has 5 N–H and O–H groups in total. The van der Waals surface area contributed by atoms with Gasteiger partial charge in [-0.3, -0.25) is 9.80 Å². The number of nitrogens with two attached hydrogens (primary N) is 1. The molecule has 0 radical (unpaired) electrons. The van der Waals surface area contributed by atoms with E-state index in [1.807, 2.05) is 0 Å². The lowest BCUT2D eigenvalue weighted by Gasteiger charge is -2.42. The van der Waals surface area contributed by atoms with Crippen LogP contribution < -0.4 is 10.0 Å². The fourth-order valence-electron chi connectivity index (χ4n) is 6.12. The van der Waals surface area contributed by atoms with Crippen molar-refractivity contribution < 1.29 is 33.4 Å². The van der Waals surface area contributed by atoms with E-state index >= 15 is 0 Å². The topological polar surface area (TPSA) is 128 Å². The number of methoxy groups -OCH3 is 1. The molecule has 5 atom stereocenters. The number of hydrogen-bond acceptors (Lipinski definition) is 8. The summed E-state index contributed by atoms with van der Waals surface area (Å²) in [6.45, 7) is 4.48. The van der Waals surface area contributed by atoms with E-state index in [9.17, 15) is 18.6 Å². The average Bonchev–Trinajstić information content (AvgIpc) is 3.18. The number of nitrogens with one attached hydrogen (secondary N) is 1. The molecule has 0 bridgehead atoms. The van der Waals surface area contributed by atoms with E-state index < -0.39 is 33.6 Å². The highest BCUT2D eigenvalue weighted by atomic mass is 32.2. The molecule has 0 amide bonds. The van der Waals surface area contributed by atoms with Crippen molar-refractivity contribution in [3.63, 3.8) is 0 Å². The smallest absolute Gasteiger partial charge is 0.214 e. The molecule has 0 spiro atoms. The van der Waals surface area contributed by atoms with E-state index in [2.05, 4.69) is 19.8 Å². The third-order valence-corrected chi connectivity index (χ3v) is 10.1. The largest absolute Gasteiger partial charge is 0.394 e. The normalized spacial score (nSPS) is 39.7. The van der Waals surface area contributed by atoms with Gasteiger partial charge in [0.15, 0.2) is 0 Å². The standard InChI is InChI=1S/C22H42N4O6S/c1-31-16-5-7-17(8-6-16)33(29,30)24-14-18-21(22(28)19(15-27)32-18)26-12-10-25(11-13-26)20-4-2-3-9-23-20/h16-24,27-28H,2-15H2,1H3/p+1. The van der Waals surface area contributed by atoms with E-state index in [0.29, 0.717) is 19.0 Å². The number of quaternary nitrogens is 1. The molecule has 0 aromatic heterocycles. The molecule has 3 aliphatic heterocycles. The fourth-order valence-corrected chi connectivity index (χ4v) is 7.64. The molecule has 4 fully saturated rings. The first-order chi connectivity index (χ1) is 15.9. The Morgan fingerprint density at radius 2 is 1.73 bits per heavy atom. The van der Waals surface area contributed by atoms with Gasteiger partial charge in [0.2, 0.25) is 10.0 Å². The molecule has 11 heteroatoms. The van der Waals surface area contributed by atoms with Gasteiger partial charge in [-0.2, -0.15) is 0 Å². The summed E-state index contributed by atoms with van der Waals surface area (Å²) in [6.07, 6.45) is 5.14. The first-order valence-electron chi connectivity index (χ1n) is 12.7. The van der Waals surface area contributed by atoms with Crippen LogP contribution in [-0.2, 0) is 19.5 Å². The summed E-state index contributed by atoms with van der Waals surface area (Å²) in [6, 6.07) is -0.327. The highest BCUT2D eigenvalue weighted by molar-refractivity contribution is 7.90. The van der Waals surface area contributed by atoms with Crippen molar-refractivity contribution >= 4 is 10.0 Å². The van der Waals surface area contributed by atoms with Crippen molar-refractivity contribution in [3.8, 4) is 0 Å². The summed E-state index contributed by atoms with van der Waals surface area (Å²) in [5, 5.41) is 22.6. The van der Waals surface area contributed by atoms with E-state index in [0.717, 1.165) is 39.0 Å². The highest BCUT2D eigenvalue weighted by Crippen LogP contribution is 2.29. The number of piperazine rings is 1. The Bertz CT molecular complexity index is 706. The second kappa shape index (κ2) is 11.6. The molecule has 3 saturated heterocycles. The number of aliphatic hydroxyl groups excluding tert-OH is 2. The molecule has 192 valence electrons. The molecule has 33 heavy (non-hydrogen) atoms. The quantitative estimate of drug-likeness (QED) is 0.308. The van der Waals surface area contributed by atoms with Gasteiger partial charge < -0.3 is 25.0 Å². The van der Waals surface area contributed by atoms with Crippen LogP contribution in [0.4, 0.5) is 0 Å². The lowest BCUT2D eigenvalue weighted by molar-refractivity contribution is -0.717. The van der Waals surface area contributed by atoms with Crippen molar-refractivity contribution in [3.05, 3.63) is 0 Å². The summed E-state index contributed by atoms with van der Waals surface area (Å²) in [5.74, 6) is 0. The van der Waals surface area contributed by atoms with E-state index in [-0.39, 0.29) is 25.3 Å². The van der Waals surface area contributed by atoms with E-state index in [4.69, 9.17) is 9.47 Å². The van der Waals surface area contributed by atoms with Crippen molar-refractivity contribution in [2.24, 2.45) is 0 Å². The van der Waals surface area contributed by atoms with Crippen LogP contribution in [-0.4, -0.2) is 123 Å². The predicted octanol–water partition coefficient (Wildman–Crippen LogP) is -1.96. The summed E-state index contributed by atoms with van der Waals surface area (Å²) in [7, 11) is -1.81. The minimum absolute atomic E-state index is 0.112. The molecular formula is C22H43N4O6S+. The number of ether oxygens (including phenoxy) is 2. The Morgan fingerprint density at radius 3 is 2.33 bits per heavy atom. The third kappa shape index (κ3) is 6.07. The maximum absolute atomic E-state index is 12.9. The fraction of sp³-hybridized carbons (Fsp3) is 1.00. The van der Waals surface area contributed by atoms with Gasteiger partial charge in [-0.05, 0) is 38.5 Å². The van der Waals surface area contributed by atoms with Crippen LogP contribution in [0.2, 0.25) is 0 Å². The Kier molecular flexibility index (Phi) is 9.02. The average molecular weight is 492 g/mol. The number of sulfonamides is 1. The van der Waals surface area contributed by atoms with Crippen molar-refractivity contribution in [1.29, 1.82) is 0 Å². The van der Waals surface area contributed by atoms with Crippen LogP contribution in [0.5, 0.6) is 0 Å². The Labute approximate surface area is 198 Å². The monoisotopic (exact) mass is 491 g/mol. The van der Waals surface area contributed by atoms with Gasteiger partial charge in [-0.15, -0.1) is 0 Å². The van der Waals surface area contributed by atoms with Crippen LogP contribution in [0.3, 0.4) is 0 Å². The number of piperidine rings is 1. The van der Waals surface area contributed by atoms with Crippen LogP contribution in [0, 0.1) is 0 Å². The zero-order valence-electron chi connectivity index (χ0n) is 19.8. The Hall–Kier alpha value is -0.370. The second-order valence-electron chi connectivity index (χ2n) is 10.1. The first-order valence-corrected chi connectivity index (χ1v) is 14.2. The molecule has 0 aromatic carbocycles. The minimum atomic E-state index is -3.48. The van der Waals surface area contributed by atoms with Gasteiger partial charge in [-0.1, -0.05) is 0 Å². The van der Waals surface area contributed by atoms with Crippen LogP contribution in [0.25, 0.3) is 0 Å². The van der Waals surface area contributed by atoms with Gasteiger partial charge in [0.25, 0.3) is 0 Å². The van der Waals surface area contributed by atoms with Crippen LogP contribution in [0.1, 0.15) is 44.9 Å². The van der Waals surface area contributed by atoms with Crippen LogP contribution in [0.15, 0.2) is 0 Å². The molecule has 5 unspecified atom stereocenters. The van der Waals surface area contributed by atoms with Crippen LogP contribution >= 0.6 is 0 Å². The van der Waals surface area contributed by atoms with Gasteiger partial charge in [-0.25, -0.2) is 13.1 Å². The van der Waals surface area contributed by atoms with Crippen molar-refractivity contribution in [1.82, 2.24) is 14.5 Å². The van der Waals surface area contributed by atoms with Gasteiger partial charge in [0.05, 0.1) is 36.7 Å². The third-order valence-electron chi connectivity index (χ3n) is 8.15. The molecule has 3 heterocycles. The molecule has 4 rings (SSSR count). The minimum Gasteiger partial charge on any atom is -0.394 e. The molecule has 10 nitrogen and oxygen atoms in total. The zero-order valence-corrected chi connectivity index (χ0v) is 20.7. The van der Waals surface area contributed by atoms with Gasteiger partial charge in [0.1, 0.15) is 18.4 Å². The molecule has 1 aliphatic carbocycles.